The lowest BCUT2D eigenvalue weighted by Gasteiger charge is -2.03. The van der Waals surface area contributed by atoms with Crippen LogP contribution in [0, 0.1) is 13.8 Å². The molecule has 1 N–H and O–H groups in total. The van der Waals surface area contributed by atoms with Crippen LogP contribution in [0.5, 0.6) is 0 Å². The minimum Gasteiger partial charge on any atom is -0.321 e. The number of carbonyl (C=O) groups is 1. The summed E-state index contributed by atoms with van der Waals surface area (Å²) in [5.41, 5.74) is 3.79. The van der Waals surface area contributed by atoms with Crippen molar-refractivity contribution >= 4 is 22.9 Å². The van der Waals surface area contributed by atoms with Crippen molar-refractivity contribution in [1.29, 1.82) is 0 Å². The molecule has 0 aliphatic rings. The van der Waals surface area contributed by atoms with Crippen LogP contribution in [0.25, 0.3) is 10.6 Å². The first-order valence-electron chi connectivity index (χ1n) is 7.05. The highest BCUT2D eigenvalue weighted by Gasteiger charge is 2.17. The maximum absolute atomic E-state index is 12.4. The van der Waals surface area contributed by atoms with Crippen LogP contribution in [0.15, 0.2) is 54.6 Å². The van der Waals surface area contributed by atoms with E-state index >= 15 is 0 Å². The number of para-hydroxylation sites is 1. The van der Waals surface area contributed by atoms with E-state index in [-0.39, 0.29) is 5.91 Å². The van der Waals surface area contributed by atoms with Crippen LogP contribution in [-0.4, -0.2) is 10.9 Å². The van der Waals surface area contributed by atoms with E-state index in [1.165, 1.54) is 11.3 Å². The molecule has 0 unspecified atom stereocenters. The average molecular weight is 308 g/mol. The van der Waals surface area contributed by atoms with E-state index in [0.29, 0.717) is 4.88 Å². The molecule has 0 saturated carbocycles. The lowest BCUT2D eigenvalue weighted by molar-refractivity contribution is 0.103. The number of benzene rings is 2. The Bertz CT molecular complexity index is 809. The van der Waals surface area contributed by atoms with Gasteiger partial charge in [-0.15, -0.1) is 11.3 Å². The highest BCUT2D eigenvalue weighted by molar-refractivity contribution is 7.17. The van der Waals surface area contributed by atoms with Crippen molar-refractivity contribution in [2.24, 2.45) is 0 Å². The van der Waals surface area contributed by atoms with Gasteiger partial charge in [0.1, 0.15) is 9.88 Å². The van der Waals surface area contributed by atoms with E-state index in [0.717, 1.165) is 27.5 Å². The highest BCUT2D eigenvalue weighted by atomic mass is 32.1. The maximum atomic E-state index is 12.4. The number of nitrogens with zero attached hydrogens (tertiary/aromatic N) is 1. The van der Waals surface area contributed by atoms with Gasteiger partial charge < -0.3 is 5.32 Å². The first-order chi connectivity index (χ1) is 10.6. The van der Waals surface area contributed by atoms with Crippen LogP contribution in [0.2, 0.25) is 0 Å². The number of hydrogen-bond acceptors (Lipinski definition) is 3. The molecule has 0 atom stereocenters. The summed E-state index contributed by atoms with van der Waals surface area (Å²) in [6.45, 7) is 3.92. The van der Waals surface area contributed by atoms with E-state index in [9.17, 15) is 4.79 Å². The molecule has 0 aliphatic carbocycles. The van der Waals surface area contributed by atoms with Gasteiger partial charge in [0.15, 0.2) is 0 Å². The van der Waals surface area contributed by atoms with Crippen LogP contribution in [-0.2, 0) is 0 Å². The number of nitrogens with one attached hydrogen (secondary N) is 1. The van der Waals surface area contributed by atoms with Crippen molar-refractivity contribution in [2.45, 2.75) is 13.8 Å². The molecular formula is C18H16N2OS. The number of amides is 1. The van der Waals surface area contributed by atoms with Gasteiger partial charge in [0.05, 0.1) is 5.69 Å². The topological polar surface area (TPSA) is 42.0 Å². The second kappa shape index (κ2) is 6.12. The zero-order valence-electron chi connectivity index (χ0n) is 12.5. The van der Waals surface area contributed by atoms with Crippen LogP contribution in [0.3, 0.4) is 0 Å². The largest absolute Gasteiger partial charge is 0.321 e. The molecule has 0 saturated heterocycles. The number of aromatic nitrogens is 1. The molecule has 4 heteroatoms. The SMILES string of the molecule is Cc1ccccc1-c1nc(C)c(C(=O)Nc2ccccc2)s1. The van der Waals surface area contributed by atoms with Crippen molar-refractivity contribution in [3.05, 3.63) is 70.7 Å². The van der Waals surface area contributed by atoms with Gasteiger partial charge in [-0.3, -0.25) is 4.79 Å². The van der Waals surface area contributed by atoms with Crippen LogP contribution in [0.4, 0.5) is 5.69 Å². The fraction of sp³-hybridized carbons (Fsp3) is 0.111. The van der Waals surface area contributed by atoms with Gasteiger partial charge in [0.25, 0.3) is 5.91 Å². The highest BCUT2D eigenvalue weighted by Crippen LogP contribution is 2.30. The molecule has 1 heterocycles. The molecule has 1 amide bonds. The van der Waals surface area contributed by atoms with Crippen molar-refractivity contribution < 1.29 is 4.79 Å². The van der Waals surface area contributed by atoms with Crippen molar-refractivity contribution in [3.8, 4) is 10.6 Å². The molecule has 1 aromatic heterocycles. The first kappa shape index (κ1) is 14.5. The Morgan fingerprint density at radius 3 is 2.41 bits per heavy atom. The Labute approximate surface area is 133 Å². The zero-order chi connectivity index (χ0) is 15.5. The minimum absolute atomic E-state index is 0.110. The van der Waals surface area contributed by atoms with Crippen LogP contribution in [0.1, 0.15) is 20.9 Å². The third kappa shape index (κ3) is 2.92. The monoisotopic (exact) mass is 308 g/mol. The summed E-state index contributed by atoms with van der Waals surface area (Å²) >= 11 is 1.43. The van der Waals surface area contributed by atoms with Gasteiger partial charge >= 0.3 is 0 Å². The summed E-state index contributed by atoms with van der Waals surface area (Å²) in [4.78, 5) is 17.6. The molecule has 3 nitrogen and oxygen atoms in total. The summed E-state index contributed by atoms with van der Waals surface area (Å²) in [6.07, 6.45) is 0. The molecule has 3 rings (SSSR count). The summed E-state index contributed by atoms with van der Waals surface area (Å²) in [7, 11) is 0. The number of aryl methyl sites for hydroxylation is 2. The van der Waals surface area contributed by atoms with E-state index in [1.54, 1.807) is 0 Å². The molecule has 0 radical (unpaired) electrons. The molecule has 3 aromatic rings. The predicted octanol–water partition coefficient (Wildman–Crippen LogP) is 4.68. The maximum Gasteiger partial charge on any atom is 0.267 e. The Morgan fingerprint density at radius 1 is 1.00 bits per heavy atom. The van der Waals surface area contributed by atoms with E-state index in [1.807, 2.05) is 55.5 Å². The van der Waals surface area contributed by atoms with Crippen LogP contribution < -0.4 is 5.32 Å². The van der Waals surface area contributed by atoms with Gasteiger partial charge in [-0.05, 0) is 31.5 Å². The molecule has 22 heavy (non-hydrogen) atoms. The molecule has 0 spiro atoms. The minimum atomic E-state index is -0.110. The molecule has 0 aliphatic heterocycles. The lowest BCUT2D eigenvalue weighted by atomic mass is 10.1. The number of rotatable bonds is 3. The molecule has 110 valence electrons. The first-order valence-corrected chi connectivity index (χ1v) is 7.86. The predicted molar refractivity (Wildman–Crippen MR) is 91.4 cm³/mol. The van der Waals surface area contributed by atoms with Gasteiger partial charge in [0, 0.05) is 11.3 Å². The molecule has 0 bridgehead atoms. The fourth-order valence-electron chi connectivity index (χ4n) is 2.24. The third-order valence-corrected chi connectivity index (χ3v) is 4.60. The van der Waals surface area contributed by atoms with Crippen molar-refractivity contribution in [3.63, 3.8) is 0 Å². The van der Waals surface area contributed by atoms with E-state index in [2.05, 4.69) is 23.3 Å². The Balaban J connectivity index is 1.90. The molecular weight excluding hydrogens is 292 g/mol. The Kier molecular flexibility index (Phi) is 4.02. The van der Waals surface area contributed by atoms with Crippen molar-refractivity contribution in [1.82, 2.24) is 4.98 Å². The van der Waals surface area contributed by atoms with E-state index < -0.39 is 0 Å². The van der Waals surface area contributed by atoms with Gasteiger partial charge in [-0.1, -0.05) is 42.5 Å². The number of hydrogen-bond donors (Lipinski definition) is 1. The summed E-state index contributed by atoms with van der Waals surface area (Å²) < 4.78 is 0. The number of anilines is 1. The molecule has 0 fully saturated rings. The van der Waals surface area contributed by atoms with Crippen LogP contribution >= 0.6 is 11.3 Å². The van der Waals surface area contributed by atoms with Crippen molar-refractivity contribution in [2.75, 3.05) is 5.32 Å². The normalized spacial score (nSPS) is 10.5. The second-order valence-corrected chi connectivity index (χ2v) is 6.07. The Hall–Kier alpha value is -2.46. The third-order valence-electron chi connectivity index (χ3n) is 3.41. The average Bonchev–Trinajstić information content (AvgIpc) is 2.90. The second-order valence-electron chi connectivity index (χ2n) is 5.07. The zero-order valence-corrected chi connectivity index (χ0v) is 13.3. The van der Waals surface area contributed by atoms with E-state index in [4.69, 9.17) is 0 Å². The number of thiazole rings is 1. The summed E-state index contributed by atoms with van der Waals surface area (Å²) in [5.74, 6) is -0.110. The summed E-state index contributed by atoms with van der Waals surface area (Å²) in [5, 5.41) is 3.79. The van der Waals surface area contributed by atoms with Gasteiger partial charge in [0.2, 0.25) is 0 Å². The standard InChI is InChI=1S/C18H16N2OS/c1-12-8-6-7-11-15(12)18-19-13(2)16(22-18)17(21)20-14-9-4-3-5-10-14/h3-11H,1-2H3,(H,20,21). The number of carbonyl (C=O) groups excluding carboxylic acids is 1. The molecule has 2 aromatic carbocycles. The lowest BCUT2D eigenvalue weighted by Crippen LogP contribution is -2.11. The van der Waals surface area contributed by atoms with Gasteiger partial charge in [-0.25, -0.2) is 4.98 Å². The van der Waals surface area contributed by atoms with Gasteiger partial charge in [-0.2, -0.15) is 0 Å². The quantitative estimate of drug-likeness (QED) is 0.763. The fourth-order valence-corrected chi connectivity index (χ4v) is 3.30. The Morgan fingerprint density at radius 2 is 1.68 bits per heavy atom. The summed E-state index contributed by atoms with van der Waals surface area (Å²) in [6, 6.07) is 17.5. The smallest absolute Gasteiger partial charge is 0.267 e.